The van der Waals surface area contributed by atoms with Crippen molar-refractivity contribution < 1.29 is 9.15 Å². The largest absolute Gasteiger partial charge is 0.469 e. The number of ether oxygens (including phenoxy) is 1. The zero-order valence-electron chi connectivity index (χ0n) is 13.4. The number of aliphatic imine (C=N–C) groups is 1. The molecule has 1 aromatic heterocycles. The lowest BCUT2D eigenvalue weighted by molar-refractivity contribution is 0.117. The van der Waals surface area contributed by atoms with Crippen LogP contribution in [0.2, 0.25) is 0 Å². The molecule has 1 saturated heterocycles. The SMILES string of the molecule is C1=CCC(NC(=NCC2CCCO2)NCCc2ccco2)C1.I. The highest BCUT2D eigenvalue weighted by Crippen LogP contribution is 2.12. The van der Waals surface area contributed by atoms with Crippen LogP contribution < -0.4 is 10.6 Å². The highest BCUT2D eigenvalue weighted by molar-refractivity contribution is 14.0. The molecule has 2 heterocycles. The first-order valence-electron chi connectivity index (χ1n) is 8.24. The van der Waals surface area contributed by atoms with Crippen molar-refractivity contribution in [1.29, 1.82) is 0 Å². The van der Waals surface area contributed by atoms with Crippen LogP contribution in [0.5, 0.6) is 0 Å². The van der Waals surface area contributed by atoms with Gasteiger partial charge in [-0.05, 0) is 37.8 Å². The molecule has 1 aliphatic heterocycles. The van der Waals surface area contributed by atoms with Gasteiger partial charge in [-0.25, -0.2) is 0 Å². The van der Waals surface area contributed by atoms with Crippen molar-refractivity contribution in [3.63, 3.8) is 0 Å². The normalized spacial score (nSPS) is 21.4. The van der Waals surface area contributed by atoms with Crippen molar-refractivity contribution in [3.8, 4) is 0 Å². The van der Waals surface area contributed by atoms with E-state index >= 15 is 0 Å². The molecule has 6 heteroatoms. The molecular formula is C17H26IN3O2. The number of hydrogen-bond acceptors (Lipinski definition) is 3. The molecule has 0 bridgehead atoms. The summed E-state index contributed by atoms with van der Waals surface area (Å²) in [4.78, 5) is 4.70. The molecule has 23 heavy (non-hydrogen) atoms. The molecule has 1 aromatic rings. The van der Waals surface area contributed by atoms with Gasteiger partial charge in [-0.1, -0.05) is 12.2 Å². The molecule has 0 spiro atoms. The predicted molar refractivity (Wildman–Crippen MR) is 102 cm³/mol. The molecule has 0 amide bonds. The molecule has 2 aliphatic rings. The van der Waals surface area contributed by atoms with E-state index in [9.17, 15) is 0 Å². The van der Waals surface area contributed by atoms with E-state index in [2.05, 4.69) is 22.8 Å². The van der Waals surface area contributed by atoms with Crippen LogP contribution in [0.3, 0.4) is 0 Å². The smallest absolute Gasteiger partial charge is 0.191 e. The minimum atomic E-state index is 0. The Morgan fingerprint density at radius 1 is 1.30 bits per heavy atom. The Kier molecular flexibility index (Phi) is 7.94. The Morgan fingerprint density at radius 2 is 2.17 bits per heavy atom. The van der Waals surface area contributed by atoms with Crippen LogP contribution in [0.1, 0.15) is 31.4 Å². The molecule has 1 fully saturated rings. The van der Waals surface area contributed by atoms with E-state index in [1.54, 1.807) is 6.26 Å². The molecule has 0 saturated carbocycles. The van der Waals surface area contributed by atoms with Gasteiger partial charge in [0.15, 0.2) is 5.96 Å². The summed E-state index contributed by atoms with van der Waals surface area (Å²) in [5.74, 6) is 1.88. The van der Waals surface area contributed by atoms with E-state index in [1.165, 1.54) is 0 Å². The van der Waals surface area contributed by atoms with E-state index in [4.69, 9.17) is 14.1 Å². The Bertz CT molecular complexity index is 488. The molecule has 2 N–H and O–H groups in total. The molecule has 1 atom stereocenters. The maximum atomic E-state index is 5.65. The Morgan fingerprint density at radius 3 is 2.87 bits per heavy atom. The van der Waals surface area contributed by atoms with Crippen LogP contribution in [0.25, 0.3) is 0 Å². The van der Waals surface area contributed by atoms with Crippen molar-refractivity contribution in [1.82, 2.24) is 10.6 Å². The number of furan rings is 1. The standard InChI is InChI=1S/C17H25N3O2.HI/c1-2-6-14(5-1)20-17(19-13-16-8-4-12-22-16)18-10-9-15-7-3-11-21-15;/h1-3,7,11,14,16H,4-6,8-10,12-13H2,(H2,18,19,20);1H. The van der Waals surface area contributed by atoms with Crippen LogP contribution >= 0.6 is 24.0 Å². The molecule has 0 aromatic carbocycles. The third-order valence-electron chi connectivity index (χ3n) is 4.07. The highest BCUT2D eigenvalue weighted by atomic mass is 127. The number of nitrogens with zero attached hydrogens (tertiary/aromatic N) is 1. The monoisotopic (exact) mass is 431 g/mol. The molecular weight excluding hydrogens is 405 g/mol. The van der Waals surface area contributed by atoms with Gasteiger partial charge in [0.05, 0.1) is 18.9 Å². The van der Waals surface area contributed by atoms with Gasteiger partial charge in [-0.3, -0.25) is 4.99 Å². The van der Waals surface area contributed by atoms with Crippen LogP contribution in [-0.2, 0) is 11.2 Å². The lowest BCUT2D eigenvalue weighted by Gasteiger charge is -2.18. The average molecular weight is 431 g/mol. The number of rotatable bonds is 6. The highest BCUT2D eigenvalue weighted by Gasteiger charge is 2.16. The molecule has 128 valence electrons. The maximum absolute atomic E-state index is 5.65. The summed E-state index contributed by atoms with van der Waals surface area (Å²) in [5, 5.41) is 6.91. The third-order valence-corrected chi connectivity index (χ3v) is 4.07. The van der Waals surface area contributed by atoms with Gasteiger partial charge in [0.2, 0.25) is 0 Å². The van der Waals surface area contributed by atoms with Gasteiger partial charge in [0, 0.05) is 25.6 Å². The van der Waals surface area contributed by atoms with Crippen molar-refractivity contribution >= 4 is 29.9 Å². The molecule has 3 rings (SSSR count). The van der Waals surface area contributed by atoms with Crippen LogP contribution in [-0.4, -0.2) is 37.8 Å². The van der Waals surface area contributed by atoms with E-state index < -0.39 is 0 Å². The van der Waals surface area contributed by atoms with Crippen LogP contribution in [0, 0.1) is 0 Å². The van der Waals surface area contributed by atoms with E-state index in [0.717, 1.165) is 63.5 Å². The fourth-order valence-electron chi connectivity index (χ4n) is 2.82. The van der Waals surface area contributed by atoms with E-state index in [1.807, 2.05) is 12.1 Å². The lowest BCUT2D eigenvalue weighted by Crippen LogP contribution is -2.43. The first-order chi connectivity index (χ1) is 10.9. The third kappa shape index (κ3) is 6.18. The minimum absolute atomic E-state index is 0. The Labute approximate surface area is 155 Å². The quantitative estimate of drug-likeness (QED) is 0.315. The van der Waals surface area contributed by atoms with Gasteiger partial charge in [0.25, 0.3) is 0 Å². The summed E-state index contributed by atoms with van der Waals surface area (Å²) in [6.45, 7) is 2.42. The number of nitrogens with one attached hydrogen (secondary N) is 2. The minimum Gasteiger partial charge on any atom is -0.469 e. The summed E-state index contributed by atoms with van der Waals surface area (Å²) in [7, 11) is 0. The van der Waals surface area contributed by atoms with Crippen molar-refractivity contribution in [2.24, 2.45) is 4.99 Å². The summed E-state index contributed by atoms with van der Waals surface area (Å²) in [6.07, 6.45) is 11.7. The molecule has 0 radical (unpaired) electrons. The van der Waals surface area contributed by atoms with E-state index in [0.29, 0.717) is 6.04 Å². The van der Waals surface area contributed by atoms with Crippen LogP contribution in [0.4, 0.5) is 0 Å². The van der Waals surface area contributed by atoms with Crippen molar-refractivity contribution in [2.45, 2.75) is 44.2 Å². The van der Waals surface area contributed by atoms with Gasteiger partial charge in [0.1, 0.15) is 5.76 Å². The first-order valence-corrected chi connectivity index (χ1v) is 8.24. The average Bonchev–Trinajstić information content (AvgIpc) is 3.28. The summed E-state index contributed by atoms with van der Waals surface area (Å²) >= 11 is 0. The van der Waals surface area contributed by atoms with Crippen molar-refractivity contribution in [2.75, 3.05) is 19.7 Å². The first kappa shape index (κ1) is 18.3. The van der Waals surface area contributed by atoms with Gasteiger partial charge in [-0.2, -0.15) is 0 Å². The second-order valence-corrected chi connectivity index (χ2v) is 5.86. The second-order valence-electron chi connectivity index (χ2n) is 5.86. The van der Waals surface area contributed by atoms with Crippen LogP contribution in [0.15, 0.2) is 40.0 Å². The van der Waals surface area contributed by atoms with Gasteiger partial charge in [-0.15, -0.1) is 24.0 Å². The lowest BCUT2D eigenvalue weighted by atomic mass is 10.2. The molecule has 5 nitrogen and oxygen atoms in total. The predicted octanol–water partition coefficient (Wildman–Crippen LogP) is 2.87. The topological polar surface area (TPSA) is 58.8 Å². The number of guanidine groups is 1. The Balaban J connectivity index is 0.00000192. The zero-order chi connectivity index (χ0) is 15.0. The number of halogens is 1. The van der Waals surface area contributed by atoms with Crippen molar-refractivity contribution in [3.05, 3.63) is 36.3 Å². The van der Waals surface area contributed by atoms with E-state index in [-0.39, 0.29) is 30.1 Å². The summed E-state index contributed by atoms with van der Waals surface area (Å²) in [5.41, 5.74) is 0. The number of hydrogen-bond donors (Lipinski definition) is 2. The molecule has 1 unspecified atom stereocenters. The maximum Gasteiger partial charge on any atom is 0.191 e. The fraction of sp³-hybridized carbons (Fsp3) is 0.588. The second kappa shape index (κ2) is 9.97. The summed E-state index contributed by atoms with van der Waals surface area (Å²) in [6, 6.07) is 4.38. The Hall–Kier alpha value is -1.02. The van der Waals surface area contributed by atoms with Gasteiger partial charge >= 0.3 is 0 Å². The van der Waals surface area contributed by atoms with Gasteiger partial charge < -0.3 is 19.8 Å². The summed E-state index contributed by atoms with van der Waals surface area (Å²) < 4.78 is 11.0. The zero-order valence-corrected chi connectivity index (χ0v) is 15.7. The fourth-order valence-corrected chi connectivity index (χ4v) is 2.82. The molecule has 1 aliphatic carbocycles.